The number of halogens is 3. The molecule has 0 aromatic carbocycles. The van der Waals surface area contributed by atoms with Crippen molar-refractivity contribution < 1.29 is 8.78 Å². The van der Waals surface area contributed by atoms with Crippen molar-refractivity contribution in [2.75, 3.05) is 26.0 Å². The molecule has 1 fully saturated rings. The minimum absolute atomic E-state index is 0.360. The SMILES string of the molecule is CN(C)CC1CCC(Nc2cc(Cl)ncc2C#Cc2cnn(C(F)F)c2)CC1. The predicted octanol–water partition coefficient (Wildman–Crippen LogP) is 4.26. The van der Waals surface area contributed by atoms with E-state index in [0.29, 0.717) is 27.0 Å². The van der Waals surface area contributed by atoms with Gasteiger partial charge in [0.05, 0.1) is 23.0 Å². The first-order chi connectivity index (χ1) is 13.4. The highest BCUT2D eigenvalue weighted by molar-refractivity contribution is 6.29. The summed E-state index contributed by atoms with van der Waals surface area (Å²) in [5.41, 5.74) is 1.93. The second kappa shape index (κ2) is 9.35. The lowest BCUT2D eigenvalue weighted by Crippen LogP contribution is -2.31. The van der Waals surface area contributed by atoms with Crippen LogP contribution in [-0.2, 0) is 0 Å². The highest BCUT2D eigenvalue weighted by atomic mass is 35.5. The van der Waals surface area contributed by atoms with Gasteiger partial charge in [0.25, 0.3) is 0 Å². The van der Waals surface area contributed by atoms with Crippen molar-refractivity contribution in [3.05, 3.63) is 40.9 Å². The van der Waals surface area contributed by atoms with Gasteiger partial charge in [-0.25, -0.2) is 9.67 Å². The molecule has 28 heavy (non-hydrogen) atoms. The number of alkyl halides is 2. The number of anilines is 1. The Kier molecular flexibility index (Phi) is 6.87. The minimum atomic E-state index is -2.67. The van der Waals surface area contributed by atoms with E-state index in [1.54, 1.807) is 12.3 Å². The van der Waals surface area contributed by atoms with Gasteiger partial charge < -0.3 is 10.2 Å². The molecule has 0 spiro atoms. The van der Waals surface area contributed by atoms with Crippen molar-refractivity contribution in [1.29, 1.82) is 0 Å². The number of pyridine rings is 1. The van der Waals surface area contributed by atoms with Crippen LogP contribution < -0.4 is 5.32 Å². The maximum absolute atomic E-state index is 12.6. The number of nitrogens with one attached hydrogen (secondary N) is 1. The molecule has 5 nitrogen and oxygen atoms in total. The van der Waals surface area contributed by atoms with Gasteiger partial charge in [0.2, 0.25) is 0 Å². The van der Waals surface area contributed by atoms with Gasteiger partial charge in [-0.3, -0.25) is 0 Å². The highest BCUT2D eigenvalue weighted by Crippen LogP contribution is 2.28. The van der Waals surface area contributed by atoms with Crippen molar-refractivity contribution >= 4 is 17.3 Å². The molecular formula is C20H24ClF2N5. The molecule has 2 aromatic rings. The van der Waals surface area contributed by atoms with Crippen LogP contribution in [0.1, 0.15) is 43.4 Å². The van der Waals surface area contributed by atoms with Crippen LogP contribution in [0.3, 0.4) is 0 Å². The first kappa shape index (κ1) is 20.6. The second-order valence-corrected chi connectivity index (χ2v) is 7.80. The van der Waals surface area contributed by atoms with Crippen LogP contribution in [0.4, 0.5) is 14.5 Å². The van der Waals surface area contributed by atoms with Crippen LogP contribution >= 0.6 is 11.6 Å². The van der Waals surface area contributed by atoms with Crippen LogP contribution in [0, 0.1) is 17.8 Å². The standard InChI is InChI=1S/C20H24ClF2N5/c1-27(2)12-14-4-7-17(8-5-14)26-18-9-19(21)24-11-16(18)6-3-15-10-25-28(13-15)20(22)23/h9-11,13-14,17,20H,4-5,7-8,12H2,1-2H3,(H,24,26). The molecule has 1 saturated carbocycles. The number of hydrogen-bond donors (Lipinski definition) is 1. The zero-order valence-corrected chi connectivity index (χ0v) is 16.8. The topological polar surface area (TPSA) is 46.0 Å². The van der Waals surface area contributed by atoms with Gasteiger partial charge in [0.1, 0.15) is 5.15 Å². The lowest BCUT2D eigenvalue weighted by Gasteiger charge is -2.31. The third kappa shape index (κ3) is 5.66. The molecule has 2 heterocycles. The maximum atomic E-state index is 12.6. The molecule has 0 bridgehead atoms. The molecule has 0 radical (unpaired) electrons. The van der Waals surface area contributed by atoms with Gasteiger partial charge in [0.15, 0.2) is 0 Å². The molecule has 0 aliphatic heterocycles. The third-order valence-corrected chi connectivity index (χ3v) is 5.05. The highest BCUT2D eigenvalue weighted by Gasteiger charge is 2.22. The Morgan fingerprint density at radius 3 is 2.64 bits per heavy atom. The van der Waals surface area contributed by atoms with Crippen LogP contribution in [0.5, 0.6) is 0 Å². The number of nitrogens with zero attached hydrogens (tertiary/aromatic N) is 4. The van der Waals surface area contributed by atoms with Crippen LogP contribution in [0.2, 0.25) is 5.15 Å². The van der Waals surface area contributed by atoms with Crippen molar-refractivity contribution in [2.24, 2.45) is 5.92 Å². The van der Waals surface area contributed by atoms with E-state index in [2.05, 4.69) is 46.2 Å². The predicted molar refractivity (Wildman–Crippen MR) is 107 cm³/mol. The summed E-state index contributed by atoms with van der Waals surface area (Å²) in [6, 6.07) is 2.12. The molecule has 3 rings (SSSR count). The summed E-state index contributed by atoms with van der Waals surface area (Å²) in [7, 11) is 4.22. The maximum Gasteiger partial charge on any atom is 0.333 e. The van der Waals surface area contributed by atoms with E-state index in [9.17, 15) is 8.78 Å². The first-order valence-electron chi connectivity index (χ1n) is 9.32. The van der Waals surface area contributed by atoms with E-state index in [0.717, 1.165) is 31.0 Å². The van der Waals surface area contributed by atoms with E-state index >= 15 is 0 Å². The smallest absolute Gasteiger partial charge is 0.333 e. The molecule has 1 aliphatic rings. The summed E-state index contributed by atoms with van der Waals surface area (Å²) < 4.78 is 25.8. The van der Waals surface area contributed by atoms with Gasteiger partial charge in [-0.1, -0.05) is 23.4 Å². The molecule has 0 amide bonds. The van der Waals surface area contributed by atoms with Crippen LogP contribution in [0.25, 0.3) is 0 Å². The van der Waals surface area contributed by atoms with E-state index in [4.69, 9.17) is 11.6 Å². The van der Waals surface area contributed by atoms with E-state index in [1.807, 2.05) is 0 Å². The van der Waals surface area contributed by atoms with Crippen LogP contribution in [-0.4, -0.2) is 46.3 Å². The molecule has 8 heteroatoms. The van der Waals surface area contributed by atoms with Crippen molar-refractivity contribution in [2.45, 2.75) is 38.3 Å². The minimum Gasteiger partial charge on any atom is -0.381 e. The molecule has 1 N–H and O–H groups in total. The quantitative estimate of drug-likeness (QED) is 0.594. The third-order valence-electron chi connectivity index (χ3n) is 4.84. The zero-order chi connectivity index (χ0) is 20.1. The molecule has 1 aliphatic carbocycles. The average molecular weight is 408 g/mol. The number of aromatic nitrogens is 3. The van der Waals surface area contributed by atoms with E-state index in [1.165, 1.54) is 25.2 Å². The lowest BCUT2D eigenvalue weighted by molar-refractivity contribution is 0.0566. The summed E-state index contributed by atoms with van der Waals surface area (Å²) in [4.78, 5) is 6.34. The Labute approximate surface area is 169 Å². The fraction of sp³-hybridized carbons (Fsp3) is 0.500. The number of hydrogen-bond acceptors (Lipinski definition) is 4. The Balaban J connectivity index is 1.69. The Morgan fingerprint density at radius 2 is 2.00 bits per heavy atom. The molecule has 2 aromatic heterocycles. The van der Waals surface area contributed by atoms with Crippen LogP contribution in [0.15, 0.2) is 24.7 Å². The Hall–Kier alpha value is -2.17. The Bertz CT molecular complexity index is 848. The van der Waals surface area contributed by atoms with Crippen molar-refractivity contribution in [3.63, 3.8) is 0 Å². The fourth-order valence-corrected chi connectivity index (χ4v) is 3.68. The van der Waals surface area contributed by atoms with Crippen molar-refractivity contribution in [1.82, 2.24) is 19.7 Å². The average Bonchev–Trinajstić information content (AvgIpc) is 3.12. The molecule has 0 atom stereocenters. The molecule has 0 unspecified atom stereocenters. The monoisotopic (exact) mass is 407 g/mol. The summed E-state index contributed by atoms with van der Waals surface area (Å²) >= 11 is 6.07. The largest absolute Gasteiger partial charge is 0.381 e. The summed E-state index contributed by atoms with van der Waals surface area (Å²) in [6.07, 6.45) is 8.69. The van der Waals surface area contributed by atoms with Gasteiger partial charge in [-0.15, -0.1) is 0 Å². The fourth-order valence-electron chi connectivity index (χ4n) is 3.52. The lowest BCUT2D eigenvalue weighted by atomic mass is 9.85. The normalized spacial score (nSPS) is 19.5. The van der Waals surface area contributed by atoms with E-state index < -0.39 is 6.55 Å². The molecule has 0 saturated heterocycles. The van der Waals surface area contributed by atoms with Gasteiger partial charge in [-0.2, -0.15) is 13.9 Å². The molecular weight excluding hydrogens is 384 g/mol. The second-order valence-electron chi connectivity index (χ2n) is 7.41. The van der Waals surface area contributed by atoms with Crippen molar-refractivity contribution in [3.8, 4) is 11.8 Å². The Morgan fingerprint density at radius 1 is 1.25 bits per heavy atom. The molecule has 150 valence electrons. The summed E-state index contributed by atoms with van der Waals surface area (Å²) in [6.45, 7) is -1.55. The first-order valence-corrected chi connectivity index (χ1v) is 9.69. The summed E-state index contributed by atoms with van der Waals surface area (Å²) in [5.74, 6) is 6.60. The van der Waals surface area contributed by atoms with Gasteiger partial charge in [0, 0.05) is 25.0 Å². The summed E-state index contributed by atoms with van der Waals surface area (Å²) in [5, 5.41) is 7.53. The van der Waals surface area contributed by atoms with Gasteiger partial charge >= 0.3 is 6.55 Å². The zero-order valence-electron chi connectivity index (χ0n) is 16.0. The van der Waals surface area contributed by atoms with E-state index in [-0.39, 0.29) is 0 Å². The number of rotatable bonds is 5. The van der Waals surface area contributed by atoms with Gasteiger partial charge in [-0.05, 0) is 51.8 Å².